The van der Waals surface area contributed by atoms with Crippen molar-refractivity contribution in [1.29, 1.82) is 0 Å². The van der Waals surface area contributed by atoms with Gasteiger partial charge in [-0.25, -0.2) is 4.79 Å². The summed E-state index contributed by atoms with van der Waals surface area (Å²) in [6.45, 7) is -0.485. The highest BCUT2D eigenvalue weighted by Crippen LogP contribution is 2.35. The Hall–Kier alpha value is -2.24. The lowest BCUT2D eigenvalue weighted by atomic mass is 10.0. The molecule has 1 aliphatic heterocycles. The van der Waals surface area contributed by atoms with Gasteiger partial charge in [-0.3, -0.25) is 14.7 Å². The largest absolute Gasteiger partial charge is 0.509 e. The van der Waals surface area contributed by atoms with Crippen LogP contribution in [0.1, 0.15) is 11.7 Å². The normalized spacial score (nSPS) is 21.7. The maximum Gasteiger partial charge on any atom is 0.509 e. The minimum Gasteiger partial charge on any atom is -0.425 e. The number of cyclic esters (lactones) is 2. The highest BCUT2D eigenvalue weighted by Gasteiger charge is 2.41. The molecule has 1 aromatic rings. The summed E-state index contributed by atoms with van der Waals surface area (Å²) in [6.07, 6.45) is -3.38. The summed E-state index contributed by atoms with van der Waals surface area (Å²) in [7, 11) is -4.49. The van der Waals surface area contributed by atoms with Crippen LogP contribution in [0.5, 0.6) is 0 Å². The van der Waals surface area contributed by atoms with E-state index in [1.807, 2.05) is 0 Å². The molecule has 0 spiro atoms. The van der Waals surface area contributed by atoms with E-state index >= 15 is 0 Å². The molecule has 0 unspecified atom stereocenters. The van der Waals surface area contributed by atoms with Gasteiger partial charge in [0.05, 0.1) is 17.0 Å². The monoisotopic (exact) mass is 318 g/mol. The molecule has 1 aliphatic rings. The number of nitrogens with zero attached hydrogens (tertiary/aromatic N) is 1. The Kier molecular flexibility index (Phi) is 4.06. The van der Waals surface area contributed by atoms with E-state index < -0.39 is 40.1 Å². The van der Waals surface area contributed by atoms with Gasteiger partial charge in [0.1, 0.15) is 0 Å². The summed E-state index contributed by atoms with van der Waals surface area (Å²) in [4.78, 5) is 21.5. The van der Waals surface area contributed by atoms with E-state index in [0.29, 0.717) is 0 Å². The Balaban J connectivity index is 2.28. The molecule has 1 heterocycles. The van der Waals surface area contributed by atoms with Gasteiger partial charge in [-0.2, -0.15) is 13.1 Å². The molecule has 0 aromatic heterocycles. The first-order valence-corrected chi connectivity index (χ1v) is 7.04. The molecule has 0 saturated carbocycles. The molecule has 0 radical (unpaired) electrons. The van der Waals surface area contributed by atoms with Crippen molar-refractivity contribution in [2.75, 3.05) is 6.54 Å². The number of carbonyl (C=O) groups is 1. The van der Waals surface area contributed by atoms with Crippen LogP contribution in [0.15, 0.2) is 24.3 Å². The van der Waals surface area contributed by atoms with Crippen molar-refractivity contribution in [3.8, 4) is 0 Å². The fourth-order valence-corrected chi connectivity index (χ4v) is 2.26. The van der Waals surface area contributed by atoms with Crippen molar-refractivity contribution >= 4 is 22.1 Å². The Labute approximate surface area is 118 Å². The molecule has 11 heteroatoms. The summed E-state index contributed by atoms with van der Waals surface area (Å²) in [5, 5.41) is 11.0. The topological polar surface area (TPSA) is 145 Å². The van der Waals surface area contributed by atoms with Gasteiger partial charge in [0, 0.05) is 6.07 Å². The van der Waals surface area contributed by atoms with Crippen LogP contribution in [0, 0.1) is 10.1 Å². The average molecular weight is 318 g/mol. The van der Waals surface area contributed by atoms with Crippen LogP contribution < -0.4 is 4.72 Å². The van der Waals surface area contributed by atoms with Gasteiger partial charge in [0.15, 0.2) is 12.2 Å². The molecule has 10 nitrogen and oxygen atoms in total. The second kappa shape index (κ2) is 5.63. The lowest BCUT2D eigenvalue weighted by Crippen LogP contribution is -2.34. The van der Waals surface area contributed by atoms with E-state index in [2.05, 4.69) is 0 Å². The van der Waals surface area contributed by atoms with E-state index in [1.165, 1.54) is 24.3 Å². The number of nitrogens with one attached hydrogen (secondary N) is 1. The third kappa shape index (κ3) is 3.65. The number of carbonyl (C=O) groups excluding carboxylic acids is 1. The van der Waals surface area contributed by atoms with Gasteiger partial charge >= 0.3 is 16.5 Å². The average Bonchev–Trinajstić information content (AvgIpc) is 2.76. The molecule has 0 amide bonds. The molecule has 114 valence electrons. The molecule has 0 aliphatic carbocycles. The van der Waals surface area contributed by atoms with Crippen LogP contribution in [0.4, 0.5) is 10.5 Å². The second-order valence-electron chi connectivity index (χ2n) is 4.08. The summed E-state index contributed by atoms with van der Waals surface area (Å²) < 4.78 is 41.2. The fourth-order valence-electron chi connectivity index (χ4n) is 1.89. The van der Waals surface area contributed by atoms with E-state index in [0.717, 1.165) is 0 Å². The van der Waals surface area contributed by atoms with Crippen LogP contribution in [0.3, 0.4) is 0 Å². The van der Waals surface area contributed by atoms with Gasteiger partial charge in [0.2, 0.25) is 0 Å². The molecular formula is C10H10N2O8S. The Morgan fingerprint density at radius 3 is 2.62 bits per heavy atom. The van der Waals surface area contributed by atoms with Crippen molar-refractivity contribution in [2.24, 2.45) is 0 Å². The third-order valence-corrected chi connectivity index (χ3v) is 3.25. The van der Waals surface area contributed by atoms with Gasteiger partial charge in [-0.15, -0.1) is 0 Å². The van der Waals surface area contributed by atoms with Crippen molar-refractivity contribution in [3.05, 3.63) is 39.9 Å². The van der Waals surface area contributed by atoms with Crippen LogP contribution >= 0.6 is 0 Å². The molecule has 1 fully saturated rings. The predicted octanol–water partition coefficient (Wildman–Crippen LogP) is 0.564. The van der Waals surface area contributed by atoms with Crippen LogP contribution in [0.25, 0.3) is 0 Å². The SMILES string of the molecule is O=C1O[C@H](c2ccccc2[N+](=O)[O-])[C@@H](CNS(=O)(=O)O)O1. The van der Waals surface area contributed by atoms with Gasteiger partial charge < -0.3 is 9.47 Å². The van der Waals surface area contributed by atoms with E-state index in [1.54, 1.807) is 4.72 Å². The van der Waals surface area contributed by atoms with Crippen molar-refractivity contribution in [3.63, 3.8) is 0 Å². The lowest BCUT2D eigenvalue weighted by Gasteiger charge is -2.15. The van der Waals surface area contributed by atoms with Crippen LogP contribution in [-0.2, 0) is 19.8 Å². The summed E-state index contributed by atoms with van der Waals surface area (Å²) in [6, 6.07) is 5.52. The molecule has 2 N–H and O–H groups in total. The summed E-state index contributed by atoms with van der Waals surface area (Å²) in [5.41, 5.74) is -0.229. The first kappa shape index (κ1) is 15.2. The third-order valence-electron chi connectivity index (χ3n) is 2.72. The molecule has 2 atom stereocenters. The minimum absolute atomic E-state index is 0.0653. The summed E-state index contributed by atoms with van der Waals surface area (Å²) >= 11 is 0. The Morgan fingerprint density at radius 2 is 2.00 bits per heavy atom. The number of rotatable bonds is 5. The number of nitro groups is 1. The fraction of sp³-hybridized carbons (Fsp3) is 0.300. The minimum atomic E-state index is -4.49. The first-order chi connectivity index (χ1) is 9.78. The summed E-state index contributed by atoms with van der Waals surface area (Å²) in [5.74, 6) is 0. The highest BCUT2D eigenvalue weighted by molar-refractivity contribution is 7.83. The lowest BCUT2D eigenvalue weighted by molar-refractivity contribution is -0.386. The molecular weight excluding hydrogens is 308 g/mol. The number of para-hydroxylation sites is 1. The van der Waals surface area contributed by atoms with Crippen molar-refractivity contribution in [2.45, 2.75) is 12.2 Å². The number of hydrogen-bond acceptors (Lipinski definition) is 7. The maximum absolute atomic E-state index is 11.2. The van der Waals surface area contributed by atoms with Gasteiger partial charge in [0.25, 0.3) is 5.69 Å². The van der Waals surface area contributed by atoms with Crippen LogP contribution in [0.2, 0.25) is 0 Å². The maximum atomic E-state index is 11.2. The molecule has 21 heavy (non-hydrogen) atoms. The van der Waals surface area contributed by atoms with Crippen molar-refractivity contribution in [1.82, 2.24) is 4.72 Å². The van der Waals surface area contributed by atoms with Crippen molar-refractivity contribution < 1.29 is 32.2 Å². The molecule has 1 aromatic carbocycles. The van der Waals surface area contributed by atoms with Crippen LogP contribution in [-0.4, -0.2) is 36.7 Å². The Bertz CT molecular complexity index is 673. The van der Waals surface area contributed by atoms with E-state index in [-0.39, 0.29) is 11.3 Å². The zero-order valence-corrected chi connectivity index (χ0v) is 11.1. The Morgan fingerprint density at radius 1 is 1.33 bits per heavy atom. The van der Waals surface area contributed by atoms with Gasteiger partial charge in [-0.1, -0.05) is 12.1 Å². The number of ether oxygens (including phenoxy) is 2. The van der Waals surface area contributed by atoms with E-state index in [9.17, 15) is 23.3 Å². The van der Waals surface area contributed by atoms with E-state index in [4.69, 9.17) is 14.0 Å². The first-order valence-electron chi connectivity index (χ1n) is 5.60. The smallest absolute Gasteiger partial charge is 0.425 e. The second-order valence-corrected chi connectivity index (χ2v) is 5.32. The number of benzene rings is 1. The number of hydrogen-bond donors (Lipinski definition) is 2. The molecule has 0 bridgehead atoms. The quantitative estimate of drug-likeness (QED) is 0.347. The zero-order chi connectivity index (χ0) is 15.6. The highest BCUT2D eigenvalue weighted by atomic mass is 32.2. The number of nitro benzene ring substituents is 1. The standard InChI is InChI=1S/C10H10N2O8S/c13-10-19-8(5-11-21(16,17)18)9(20-10)6-3-1-2-4-7(6)12(14)15/h1-4,8-9,11H,5H2,(H,16,17,18)/t8-,9-/m1/s1. The van der Waals surface area contributed by atoms with Gasteiger partial charge in [-0.05, 0) is 6.07 Å². The zero-order valence-electron chi connectivity index (χ0n) is 10.3. The molecule has 2 rings (SSSR count). The molecule has 1 saturated heterocycles. The predicted molar refractivity (Wildman–Crippen MR) is 66.7 cm³/mol.